The highest BCUT2D eigenvalue weighted by Crippen LogP contribution is 2.29. The van der Waals surface area contributed by atoms with Crippen LogP contribution in [0.1, 0.15) is 33.9 Å². The number of rotatable bonds is 4. The summed E-state index contributed by atoms with van der Waals surface area (Å²) in [6, 6.07) is 10.9. The first kappa shape index (κ1) is 16.5. The first-order valence-electron chi connectivity index (χ1n) is 7.11. The van der Waals surface area contributed by atoms with Crippen LogP contribution in [0.3, 0.4) is 0 Å². The van der Waals surface area contributed by atoms with Gasteiger partial charge in [-0.25, -0.2) is 0 Å². The molecule has 0 spiro atoms. The lowest BCUT2D eigenvalue weighted by molar-refractivity contribution is 0.585. The molecule has 2 rings (SSSR count). The van der Waals surface area contributed by atoms with E-state index in [0.29, 0.717) is 0 Å². The maximum atomic E-state index is 6.37. The predicted molar refractivity (Wildman–Crippen MR) is 95.3 cm³/mol. The number of halogens is 2. The summed E-state index contributed by atoms with van der Waals surface area (Å²) in [6.07, 6.45) is 0.882. The van der Waals surface area contributed by atoms with Crippen LogP contribution in [-0.2, 0) is 6.42 Å². The molecule has 1 unspecified atom stereocenters. The summed E-state index contributed by atoms with van der Waals surface area (Å²) in [7, 11) is 2.01. The third-order valence-electron chi connectivity index (χ3n) is 3.87. The van der Waals surface area contributed by atoms with Gasteiger partial charge in [0.25, 0.3) is 0 Å². The predicted octanol–water partition coefficient (Wildman–Crippen LogP) is 5.53. The molecule has 1 nitrogen and oxygen atoms in total. The van der Waals surface area contributed by atoms with Crippen LogP contribution in [0, 0.1) is 20.8 Å². The van der Waals surface area contributed by atoms with Crippen molar-refractivity contribution in [2.75, 3.05) is 7.05 Å². The van der Waals surface area contributed by atoms with Crippen LogP contribution in [0.5, 0.6) is 0 Å². The number of aryl methyl sites for hydroxylation is 3. The minimum atomic E-state index is 0.268. The number of hydrogen-bond donors (Lipinski definition) is 1. The quantitative estimate of drug-likeness (QED) is 0.750. The van der Waals surface area contributed by atoms with Crippen molar-refractivity contribution in [1.82, 2.24) is 5.32 Å². The van der Waals surface area contributed by atoms with E-state index in [0.717, 1.165) is 15.9 Å². The molecule has 0 aliphatic heterocycles. The van der Waals surface area contributed by atoms with Crippen LogP contribution in [0.25, 0.3) is 0 Å². The topological polar surface area (TPSA) is 12.0 Å². The van der Waals surface area contributed by atoms with E-state index < -0.39 is 0 Å². The van der Waals surface area contributed by atoms with E-state index in [1.54, 1.807) is 0 Å². The molecular weight excluding hydrogens is 346 g/mol. The Labute approximate surface area is 140 Å². The van der Waals surface area contributed by atoms with Crippen molar-refractivity contribution in [3.8, 4) is 0 Å². The van der Waals surface area contributed by atoms with Gasteiger partial charge in [0.1, 0.15) is 0 Å². The van der Waals surface area contributed by atoms with E-state index in [1.807, 2.05) is 19.2 Å². The summed E-state index contributed by atoms with van der Waals surface area (Å²) in [4.78, 5) is 0. The van der Waals surface area contributed by atoms with E-state index in [4.69, 9.17) is 11.6 Å². The van der Waals surface area contributed by atoms with Gasteiger partial charge in [-0.2, -0.15) is 0 Å². The molecule has 21 heavy (non-hydrogen) atoms. The Bertz CT molecular complexity index is 629. The molecule has 1 atom stereocenters. The second-order valence-corrected chi connectivity index (χ2v) is 6.92. The molecule has 0 heterocycles. The molecule has 0 aliphatic rings. The minimum absolute atomic E-state index is 0.268. The van der Waals surface area contributed by atoms with Crippen molar-refractivity contribution >= 4 is 27.5 Å². The highest BCUT2D eigenvalue weighted by Gasteiger charge is 2.17. The summed E-state index contributed by atoms with van der Waals surface area (Å²) < 4.78 is 1.01. The van der Waals surface area contributed by atoms with Gasteiger partial charge < -0.3 is 5.32 Å². The van der Waals surface area contributed by atoms with Gasteiger partial charge in [0.15, 0.2) is 0 Å². The van der Waals surface area contributed by atoms with Gasteiger partial charge in [-0.3, -0.25) is 0 Å². The zero-order valence-corrected chi connectivity index (χ0v) is 15.3. The maximum Gasteiger partial charge on any atom is 0.0449 e. The summed E-state index contributed by atoms with van der Waals surface area (Å²) in [5.74, 6) is 0. The first-order valence-corrected chi connectivity index (χ1v) is 8.28. The van der Waals surface area contributed by atoms with Crippen molar-refractivity contribution < 1.29 is 0 Å². The number of nitrogens with one attached hydrogen (secondary N) is 1. The van der Waals surface area contributed by atoms with E-state index >= 15 is 0 Å². The van der Waals surface area contributed by atoms with Crippen LogP contribution in [0.2, 0.25) is 5.02 Å². The van der Waals surface area contributed by atoms with Gasteiger partial charge in [0, 0.05) is 15.5 Å². The van der Waals surface area contributed by atoms with Crippen molar-refractivity contribution in [2.24, 2.45) is 0 Å². The molecule has 2 aromatic carbocycles. The van der Waals surface area contributed by atoms with E-state index in [9.17, 15) is 0 Å². The van der Waals surface area contributed by atoms with Crippen LogP contribution in [-0.4, -0.2) is 7.05 Å². The highest BCUT2D eigenvalue weighted by molar-refractivity contribution is 9.10. The van der Waals surface area contributed by atoms with Crippen molar-refractivity contribution in [1.29, 1.82) is 0 Å². The Kier molecular flexibility index (Phi) is 5.48. The molecular formula is C18H21BrClN. The Morgan fingerprint density at radius 2 is 1.71 bits per heavy atom. The van der Waals surface area contributed by atoms with Gasteiger partial charge in [-0.15, -0.1) is 0 Å². The fraction of sp³-hybridized carbons (Fsp3) is 0.333. The number of hydrogen-bond acceptors (Lipinski definition) is 1. The molecule has 0 bridgehead atoms. The molecule has 3 heteroatoms. The molecule has 0 saturated carbocycles. The number of benzene rings is 2. The summed E-state index contributed by atoms with van der Waals surface area (Å²) in [5, 5.41) is 4.25. The fourth-order valence-electron chi connectivity index (χ4n) is 3.00. The molecule has 2 aromatic rings. The molecule has 0 radical (unpaired) electrons. The summed E-state index contributed by atoms with van der Waals surface area (Å²) >= 11 is 9.82. The lowest BCUT2D eigenvalue weighted by Crippen LogP contribution is -2.21. The van der Waals surface area contributed by atoms with E-state index in [-0.39, 0.29) is 6.04 Å². The second kappa shape index (κ2) is 6.95. The van der Waals surface area contributed by atoms with Crippen molar-refractivity contribution in [3.63, 3.8) is 0 Å². The Morgan fingerprint density at radius 1 is 1.10 bits per heavy atom. The van der Waals surface area contributed by atoms with Crippen LogP contribution >= 0.6 is 27.5 Å². The Morgan fingerprint density at radius 3 is 2.24 bits per heavy atom. The molecule has 0 saturated heterocycles. The Hall–Kier alpha value is -0.830. The summed E-state index contributed by atoms with van der Waals surface area (Å²) in [5.41, 5.74) is 6.52. The highest BCUT2D eigenvalue weighted by atomic mass is 79.9. The van der Waals surface area contributed by atoms with Crippen molar-refractivity contribution in [3.05, 3.63) is 67.6 Å². The second-order valence-electron chi connectivity index (χ2n) is 5.59. The van der Waals surface area contributed by atoms with Gasteiger partial charge in [-0.1, -0.05) is 51.3 Å². The zero-order valence-electron chi connectivity index (χ0n) is 12.9. The average molecular weight is 367 g/mol. The molecule has 0 aromatic heterocycles. The van der Waals surface area contributed by atoms with Gasteiger partial charge in [-0.05, 0) is 68.6 Å². The largest absolute Gasteiger partial charge is 0.313 e. The standard InChI is InChI=1S/C18H21BrClN/c1-11-7-12(2)18(13(3)8-11)17(21-4)9-14-5-6-15(19)10-16(14)20/h5-8,10,17,21H,9H2,1-4H3. The molecule has 0 fully saturated rings. The lowest BCUT2D eigenvalue weighted by Gasteiger charge is -2.22. The normalized spacial score (nSPS) is 12.5. The molecule has 0 amide bonds. The monoisotopic (exact) mass is 365 g/mol. The SMILES string of the molecule is CNC(Cc1ccc(Br)cc1Cl)c1c(C)cc(C)cc1C. The first-order chi connectivity index (χ1) is 9.92. The molecule has 1 N–H and O–H groups in total. The maximum absolute atomic E-state index is 6.37. The third kappa shape index (κ3) is 3.88. The number of likely N-dealkylation sites (N-methyl/N-ethyl adjacent to an activating group) is 1. The lowest BCUT2D eigenvalue weighted by atomic mass is 9.90. The van der Waals surface area contributed by atoms with Crippen LogP contribution in [0.4, 0.5) is 0 Å². The van der Waals surface area contributed by atoms with Gasteiger partial charge >= 0.3 is 0 Å². The minimum Gasteiger partial charge on any atom is -0.313 e. The summed E-state index contributed by atoms with van der Waals surface area (Å²) in [6.45, 7) is 6.51. The molecule has 112 valence electrons. The Balaban J connectivity index is 2.37. The van der Waals surface area contributed by atoms with Crippen molar-refractivity contribution in [2.45, 2.75) is 33.2 Å². The fourth-order valence-corrected chi connectivity index (χ4v) is 3.75. The van der Waals surface area contributed by atoms with Gasteiger partial charge in [0.2, 0.25) is 0 Å². The molecule has 0 aliphatic carbocycles. The van der Waals surface area contributed by atoms with Crippen LogP contribution < -0.4 is 5.32 Å². The van der Waals surface area contributed by atoms with E-state index in [1.165, 1.54) is 27.8 Å². The van der Waals surface area contributed by atoms with Gasteiger partial charge in [0.05, 0.1) is 0 Å². The van der Waals surface area contributed by atoms with Crippen LogP contribution in [0.15, 0.2) is 34.8 Å². The smallest absolute Gasteiger partial charge is 0.0449 e. The zero-order chi connectivity index (χ0) is 15.6. The average Bonchev–Trinajstić information content (AvgIpc) is 2.39. The van der Waals surface area contributed by atoms with E-state index in [2.05, 4.69) is 60.2 Å². The third-order valence-corrected chi connectivity index (χ3v) is 4.72.